The lowest BCUT2D eigenvalue weighted by atomic mass is 9.94. The molecule has 2 aromatic heterocycles. The predicted octanol–water partition coefficient (Wildman–Crippen LogP) is 4.24. The molecule has 1 atom stereocenters. The van der Waals surface area contributed by atoms with Crippen LogP contribution in [0.1, 0.15) is 40.8 Å². The van der Waals surface area contributed by atoms with Gasteiger partial charge in [-0.3, -0.25) is 9.78 Å². The molecule has 0 N–H and O–H groups in total. The number of hydrogen-bond acceptors (Lipinski definition) is 6. The Bertz CT molecular complexity index is 974. The second-order valence-electron chi connectivity index (χ2n) is 6.64. The van der Waals surface area contributed by atoms with Crippen molar-refractivity contribution < 1.29 is 13.9 Å². The zero-order valence-electron chi connectivity index (χ0n) is 15.3. The summed E-state index contributed by atoms with van der Waals surface area (Å²) < 4.78 is 11.1. The van der Waals surface area contributed by atoms with Gasteiger partial charge in [0.1, 0.15) is 17.7 Å². The van der Waals surface area contributed by atoms with Gasteiger partial charge in [0.2, 0.25) is 5.88 Å². The fraction of sp³-hybridized carbons (Fsp3) is 0.300. The monoisotopic (exact) mass is 398 g/mol. The zero-order valence-corrected chi connectivity index (χ0v) is 16.1. The number of aromatic nitrogens is 3. The van der Waals surface area contributed by atoms with E-state index in [0.29, 0.717) is 41.3 Å². The van der Waals surface area contributed by atoms with E-state index in [4.69, 9.17) is 20.8 Å². The summed E-state index contributed by atoms with van der Waals surface area (Å²) in [5, 5.41) is 0.635. The number of amides is 1. The van der Waals surface area contributed by atoms with Crippen molar-refractivity contribution in [1.29, 1.82) is 0 Å². The molecule has 0 bridgehead atoms. The van der Waals surface area contributed by atoms with E-state index in [-0.39, 0.29) is 11.8 Å². The second-order valence-corrected chi connectivity index (χ2v) is 7.08. The number of piperidine rings is 1. The normalized spacial score (nSPS) is 16.8. The van der Waals surface area contributed by atoms with Crippen LogP contribution in [-0.2, 0) is 0 Å². The lowest BCUT2D eigenvalue weighted by Gasteiger charge is -2.32. The third-order valence-electron chi connectivity index (χ3n) is 4.65. The van der Waals surface area contributed by atoms with E-state index < -0.39 is 0 Å². The Kier molecular flexibility index (Phi) is 5.25. The molecule has 3 heterocycles. The Hall–Kier alpha value is -2.93. The first-order valence-electron chi connectivity index (χ1n) is 9.06. The molecule has 8 heteroatoms. The number of benzene rings is 1. The highest BCUT2D eigenvalue weighted by Gasteiger charge is 2.30. The summed E-state index contributed by atoms with van der Waals surface area (Å²) in [5.41, 5.74) is 1.07. The molecule has 0 radical (unpaired) electrons. The minimum atomic E-state index is -0.134. The number of oxazole rings is 1. The SMILES string of the molecule is Cc1nc(C(=O)N2CCC[C@H](c3nccnc3Oc3ccc(Cl)cc3)C2)co1. The summed E-state index contributed by atoms with van der Waals surface area (Å²) in [4.78, 5) is 27.5. The maximum Gasteiger partial charge on any atom is 0.275 e. The summed E-state index contributed by atoms with van der Waals surface area (Å²) in [5.74, 6) is 1.45. The van der Waals surface area contributed by atoms with Crippen LogP contribution in [-0.4, -0.2) is 38.8 Å². The van der Waals surface area contributed by atoms with Crippen LogP contribution >= 0.6 is 11.6 Å². The lowest BCUT2D eigenvalue weighted by molar-refractivity contribution is 0.0698. The maximum atomic E-state index is 12.7. The number of halogens is 1. The van der Waals surface area contributed by atoms with Gasteiger partial charge in [-0.05, 0) is 37.1 Å². The van der Waals surface area contributed by atoms with E-state index in [9.17, 15) is 4.79 Å². The molecule has 4 rings (SSSR count). The van der Waals surface area contributed by atoms with Crippen LogP contribution in [0.25, 0.3) is 0 Å². The van der Waals surface area contributed by atoms with Crippen LogP contribution in [0.4, 0.5) is 0 Å². The summed E-state index contributed by atoms with van der Waals surface area (Å²) in [7, 11) is 0. The molecule has 3 aromatic rings. The molecule has 1 saturated heterocycles. The Morgan fingerprint density at radius 2 is 2.04 bits per heavy atom. The first-order chi connectivity index (χ1) is 13.6. The Balaban J connectivity index is 1.53. The summed E-state index contributed by atoms with van der Waals surface area (Å²) in [6.45, 7) is 2.92. The number of rotatable bonds is 4. The van der Waals surface area contributed by atoms with Gasteiger partial charge < -0.3 is 14.1 Å². The van der Waals surface area contributed by atoms with Gasteiger partial charge in [-0.2, -0.15) is 0 Å². The van der Waals surface area contributed by atoms with Crippen LogP contribution in [0, 0.1) is 6.92 Å². The fourth-order valence-corrected chi connectivity index (χ4v) is 3.44. The van der Waals surface area contributed by atoms with Gasteiger partial charge in [0, 0.05) is 43.3 Å². The van der Waals surface area contributed by atoms with Crippen LogP contribution < -0.4 is 4.74 Å². The number of ether oxygens (including phenoxy) is 1. The van der Waals surface area contributed by atoms with Gasteiger partial charge in [0.15, 0.2) is 11.6 Å². The number of nitrogens with zero attached hydrogens (tertiary/aromatic N) is 4. The van der Waals surface area contributed by atoms with Crippen molar-refractivity contribution in [3.8, 4) is 11.6 Å². The molecule has 1 aliphatic rings. The third-order valence-corrected chi connectivity index (χ3v) is 4.90. The minimum absolute atomic E-state index is 0.0294. The molecule has 0 spiro atoms. The summed E-state index contributed by atoms with van der Waals surface area (Å²) in [6, 6.07) is 7.08. The van der Waals surface area contributed by atoms with Gasteiger partial charge in [0.05, 0.1) is 0 Å². The number of likely N-dealkylation sites (tertiary alicyclic amines) is 1. The zero-order chi connectivity index (χ0) is 19.5. The highest BCUT2D eigenvalue weighted by Crippen LogP contribution is 2.33. The molecule has 144 valence electrons. The Morgan fingerprint density at radius 1 is 1.25 bits per heavy atom. The fourth-order valence-electron chi connectivity index (χ4n) is 3.32. The van der Waals surface area contributed by atoms with Gasteiger partial charge in [-0.25, -0.2) is 9.97 Å². The summed E-state index contributed by atoms with van der Waals surface area (Å²) in [6.07, 6.45) is 6.41. The molecule has 0 unspecified atom stereocenters. The average Bonchev–Trinajstić information content (AvgIpc) is 3.16. The molecule has 28 heavy (non-hydrogen) atoms. The van der Waals surface area contributed by atoms with Gasteiger partial charge >= 0.3 is 0 Å². The van der Waals surface area contributed by atoms with E-state index in [1.54, 1.807) is 48.5 Å². The average molecular weight is 399 g/mol. The van der Waals surface area contributed by atoms with Crippen LogP contribution in [0.2, 0.25) is 5.02 Å². The van der Waals surface area contributed by atoms with E-state index >= 15 is 0 Å². The van der Waals surface area contributed by atoms with E-state index in [2.05, 4.69) is 15.0 Å². The van der Waals surface area contributed by atoms with Crippen molar-refractivity contribution >= 4 is 17.5 Å². The number of hydrogen-bond donors (Lipinski definition) is 0. The molecule has 1 amide bonds. The number of carbonyl (C=O) groups excluding carboxylic acids is 1. The highest BCUT2D eigenvalue weighted by atomic mass is 35.5. The van der Waals surface area contributed by atoms with Crippen molar-refractivity contribution in [1.82, 2.24) is 19.9 Å². The van der Waals surface area contributed by atoms with Gasteiger partial charge in [-0.15, -0.1) is 0 Å². The molecule has 1 fully saturated rings. The molecular weight excluding hydrogens is 380 g/mol. The van der Waals surface area contributed by atoms with E-state index in [1.165, 1.54) is 6.26 Å². The van der Waals surface area contributed by atoms with Gasteiger partial charge in [0.25, 0.3) is 5.91 Å². The lowest BCUT2D eigenvalue weighted by Crippen LogP contribution is -2.39. The predicted molar refractivity (Wildman–Crippen MR) is 103 cm³/mol. The van der Waals surface area contributed by atoms with Crippen molar-refractivity contribution in [2.45, 2.75) is 25.7 Å². The van der Waals surface area contributed by atoms with Crippen LogP contribution in [0.3, 0.4) is 0 Å². The maximum absolute atomic E-state index is 12.7. The minimum Gasteiger partial charge on any atom is -0.448 e. The highest BCUT2D eigenvalue weighted by molar-refractivity contribution is 6.30. The largest absolute Gasteiger partial charge is 0.448 e. The van der Waals surface area contributed by atoms with Crippen LogP contribution in [0.5, 0.6) is 11.6 Å². The molecule has 0 saturated carbocycles. The number of aryl methyl sites for hydroxylation is 1. The molecule has 1 aliphatic heterocycles. The summed E-state index contributed by atoms with van der Waals surface area (Å²) >= 11 is 5.93. The van der Waals surface area contributed by atoms with E-state index in [1.807, 2.05) is 0 Å². The molecule has 1 aromatic carbocycles. The first-order valence-corrected chi connectivity index (χ1v) is 9.43. The standard InChI is InChI=1S/C20H19ClN4O3/c1-13-24-17(12-27-13)20(26)25-10-2-3-14(11-25)18-19(23-9-8-22-18)28-16-6-4-15(21)5-7-16/h4-9,12,14H,2-3,10-11H2,1H3/t14-/m0/s1. The van der Waals surface area contributed by atoms with E-state index in [0.717, 1.165) is 18.5 Å². The van der Waals surface area contributed by atoms with Crippen molar-refractivity contribution in [2.75, 3.05) is 13.1 Å². The molecule has 7 nitrogen and oxygen atoms in total. The van der Waals surface area contributed by atoms with Crippen LogP contribution in [0.15, 0.2) is 47.3 Å². The Morgan fingerprint density at radius 3 is 2.79 bits per heavy atom. The topological polar surface area (TPSA) is 81.4 Å². The van der Waals surface area contributed by atoms with Crippen molar-refractivity contribution in [3.63, 3.8) is 0 Å². The van der Waals surface area contributed by atoms with Gasteiger partial charge in [-0.1, -0.05) is 11.6 Å². The smallest absolute Gasteiger partial charge is 0.275 e. The van der Waals surface area contributed by atoms with Crippen molar-refractivity contribution in [3.05, 3.63) is 65.2 Å². The Labute approximate surface area is 167 Å². The molecular formula is C20H19ClN4O3. The second kappa shape index (κ2) is 7.98. The number of carbonyl (C=O) groups is 1. The first kappa shape index (κ1) is 18.4. The third kappa shape index (κ3) is 3.99. The van der Waals surface area contributed by atoms with Crippen molar-refractivity contribution in [2.24, 2.45) is 0 Å². The molecule has 0 aliphatic carbocycles. The quantitative estimate of drug-likeness (QED) is 0.653.